The number of hydrogen-bond donors (Lipinski definition) is 3. The van der Waals surface area contributed by atoms with E-state index in [4.69, 9.17) is 10.8 Å². The van der Waals surface area contributed by atoms with Crippen LogP contribution in [-0.4, -0.2) is 32.4 Å². The Bertz CT molecular complexity index is 562. The number of sulfone groups is 1. The van der Waals surface area contributed by atoms with Crippen LogP contribution in [0, 0.1) is 5.41 Å². The maximum absolute atomic E-state index is 11.5. The van der Waals surface area contributed by atoms with Crippen molar-refractivity contribution in [1.29, 1.82) is 0 Å². The van der Waals surface area contributed by atoms with Crippen LogP contribution in [0.25, 0.3) is 0 Å². The van der Waals surface area contributed by atoms with Gasteiger partial charge in [-0.2, -0.15) is 0 Å². The zero-order valence-corrected chi connectivity index (χ0v) is 13.3. The molecule has 0 bridgehead atoms. The van der Waals surface area contributed by atoms with Crippen LogP contribution >= 0.6 is 0 Å². The fraction of sp³-hybridized carbons (Fsp3) is 0.571. The Morgan fingerprint density at radius 1 is 1.35 bits per heavy atom. The van der Waals surface area contributed by atoms with Gasteiger partial charge in [0, 0.05) is 18.9 Å². The predicted molar refractivity (Wildman–Crippen MR) is 82.5 cm³/mol. The fourth-order valence-corrected chi connectivity index (χ4v) is 2.60. The van der Waals surface area contributed by atoms with E-state index in [-0.39, 0.29) is 23.0 Å². The molecule has 0 radical (unpaired) electrons. The number of nitrogen functional groups attached to an aromatic ring is 1. The van der Waals surface area contributed by atoms with Crippen molar-refractivity contribution in [3.05, 3.63) is 18.2 Å². The van der Waals surface area contributed by atoms with E-state index in [0.29, 0.717) is 17.8 Å². The summed E-state index contributed by atoms with van der Waals surface area (Å²) >= 11 is 0. The molecule has 0 fully saturated rings. The van der Waals surface area contributed by atoms with Crippen molar-refractivity contribution in [2.24, 2.45) is 5.41 Å². The first-order valence-electron chi connectivity index (χ1n) is 6.52. The molecule has 0 aliphatic rings. The smallest absolute Gasteiger partial charge is 0.175 e. The molecule has 20 heavy (non-hydrogen) atoms. The van der Waals surface area contributed by atoms with Gasteiger partial charge >= 0.3 is 0 Å². The third-order valence-electron chi connectivity index (χ3n) is 3.24. The van der Waals surface area contributed by atoms with Crippen molar-refractivity contribution in [2.75, 3.05) is 23.9 Å². The molecule has 0 aliphatic heterocycles. The van der Waals surface area contributed by atoms with Crippen LogP contribution in [0.1, 0.15) is 27.2 Å². The minimum absolute atomic E-state index is 0.0406. The zero-order chi connectivity index (χ0) is 15.6. The molecule has 1 rings (SSSR count). The quantitative estimate of drug-likeness (QED) is 0.722. The van der Waals surface area contributed by atoms with E-state index in [1.165, 1.54) is 12.1 Å². The van der Waals surface area contributed by atoms with Crippen LogP contribution in [0.4, 0.5) is 11.4 Å². The second-order valence-electron chi connectivity index (χ2n) is 6.10. The molecule has 6 heteroatoms. The molecule has 0 spiro atoms. The van der Waals surface area contributed by atoms with Crippen LogP contribution in [0.5, 0.6) is 0 Å². The lowest BCUT2D eigenvalue weighted by atomic mass is 9.84. The summed E-state index contributed by atoms with van der Waals surface area (Å²) in [6.07, 6.45) is 1.75. The first kappa shape index (κ1) is 16.8. The molecule has 0 aromatic heterocycles. The van der Waals surface area contributed by atoms with Gasteiger partial charge < -0.3 is 16.2 Å². The van der Waals surface area contributed by atoms with Crippen molar-refractivity contribution in [1.82, 2.24) is 0 Å². The molecule has 114 valence electrons. The third-order valence-corrected chi connectivity index (χ3v) is 4.35. The van der Waals surface area contributed by atoms with Crippen molar-refractivity contribution in [2.45, 2.75) is 38.1 Å². The first-order valence-corrected chi connectivity index (χ1v) is 8.42. The van der Waals surface area contributed by atoms with Crippen LogP contribution in [0.2, 0.25) is 0 Å². The third kappa shape index (κ3) is 4.38. The van der Waals surface area contributed by atoms with Gasteiger partial charge in [-0.25, -0.2) is 8.42 Å². The number of rotatable bonds is 5. The molecular formula is C14H24N2O3S. The number of aliphatic hydroxyl groups is 1. The molecule has 1 unspecified atom stereocenters. The second kappa shape index (κ2) is 6.01. The van der Waals surface area contributed by atoms with Crippen LogP contribution in [-0.2, 0) is 9.84 Å². The average molecular weight is 300 g/mol. The van der Waals surface area contributed by atoms with Crippen molar-refractivity contribution < 1.29 is 13.5 Å². The summed E-state index contributed by atoms with van der Waals surface area (Å²) in [7, 11) is -3.26. The number of hydrogen-bond acceptors (Lipinski definition) is 5. The molecule has 0 heterocycles. The molecule has 0 amide bonds. The molecule has 1 aromatic carbocycles. The van der Waals surface area contributed by atoms with E-state index in [9.17, 15) is 8.42 Å². The Balaban J connectivity index is 3.03. The maximum atomic E-state index is 11.5. The highest BCUT2D eigenvalue weighted by Gasteiger charge is 2.24. The SMILES string of the molecule is CC(C)(C)C(CCO)Nc1ccc(S(C)(=O)=O)cc1N. The number of anilines is 2. The lowest BCUT2D eigenvalue weighted by molar-refractivity contribution is 0.235. The summed E-state index contributed by atoms with van der Waals surface area (Å²) in [5.74, 6) is 0. The van der Waals surface area contributed by atoms with E-state index in [1.807, 2.05) is 0 Å². The Morgan fingerprint density at radius 2 is 1.95 bits per heavy atom. The highest BCUT2D eigenvalue weighted by molar-refractivity contribution is 7.90. The summed E-state index contributed by atoms with van der Waals surface area (Å²) in [4.78, 5) is 0.204. The molecule has 1 atom stereocenters. The number of aliphatic hydroxyl groups excluding tert-OH is 1. The highest BCUT2D eigenvalue weighted by Crippen LogP contribution is 2.29. The Labute approximate surface area is 121 Å². The van der Waals surface area contributed by atoms with Crippen LogP contribution < -0.4 is 11.1 Å². The minimum Gasteiger partial charge on any atom is -0.397 e. The highest BCUT2D eigenvalue weighted by atomic mass is 32.2. The van der Waals surface area contributed by atoms with Crippen molar-refractivity contribution in [3.8, 4) is 0 Å². The number of nitrogens with one attached hydrogen (secondary N) is 1. The fourth-order valence-electron chi connectivity index (χ4n) is 1.94. The maximum Gasteiger partial charge on any atom is 0.175 e. The average Bonchev–Trinajstić information content (AvgIpc) is 2.28. The summed E-state index contributed by atoms with van der Waals surface area (Å²) in [6.45, 7) is 6.29. The van der Waals surface area contributed by atoms with Crippen LogP contribution in [0.15, 0.2) is 23.1 Å². The summed E-state index contributed by atoms with van der Waals surface area (Å²) < 4.78 is 22.9. The number of benzene rings is 1. The summed E-state index contributed by atoms with van der Waals surface area (Å²) in [5.41, 5.74) is 6.94. The van der Waals surface area contributed by atoms with Gasteiger partial charge in [-0.15, -0.1) is 0 Å². The van der Waals surface area contributed by atoms with Gasteiger partial charge in [-0.3, -0.25) is 0 Å². The largest absolute Gasteiger partial charge is 0.397 e. The van der Waals surface area contributed by atoms with Gasteiger partial charge in [-0.1, -0.05) is 20.8 Å². The Hall–Kier alpha value is -1.27. The van der Waals surface area contributed by atoms with E-state index < -0.39 is 9.84 Å². The Morgan fingerprint density at radius 3 is 2.35 bits per heavy atom. The van der Waals surface area contributed by atoms with Gasteiger partial charge in [0.2, 0.25) is 0 Å². The molecular weight excluding hydrogens is 276 g/mol. The number of nitrogens with two attached hydrogens (primary N) is 1. The topological polar surface area (TPSA) is 92.4 Å². The van der Waals surface area contributed by atoms with E-state index in [2.05, 4.69) is 26.1 Å². The minimum atomic E-state index is -3.26. The van der Waals surface area contributed by atoms with Gasteiger partial charge in [0.15, 0.2) is 9.84 Å². The lowest BCUT2D eigenvalue weighted by Gasteiger charge is -2.32. The monoisotopic (exact) mass is 300 g/mol. The molecule has 0 saturated carbocycles. The van der Waals surface area contributed by atoms with Gasteiger partial charge in [0.25, 0.3) is 0 Å². The van der Waals surface area contributed by atoms with Gasteiger partial charge in [0.1, 0.15) is 0 Å². The molecule has 0 saturated heterocycles. The lowest BCUT2D eigenvalue weighted by Crippen LogP contribution is -2.35. The van der Waals surface area contributed by atoms with E-state index in [0.717, 1.165) is 6.26 Å². The Kier molecular flexibility index (Phi) is 5.05. The molecule has 4 N–H and O–H groups in total. The van der Waals surface area contributed by atoms with Gasteiger partial charge in [-0.05, 0) is 30.0 Å². The summed E-state index contributed by atoms with van der Waals surface area (Å²) in [5, 5.41) is 12.4. The van der Waals surface area contributed by atoms with E-state index >= 15 is 0 Å². The molecule has 5 nitrogen and oxygen atoms in total. The zero-order valence-electron chi connectivity index (χ0n) is 12.5. The molecule has 0 aliphatic carbocycles. The van der Waals surface area contributed by atoms with E-state index in [1.54, 1.807) is 6.07 Å². The van der Waals surface area contributed by atoms with Crippen molar-refractivity contribution >= 4 is 21.2 Å². The first-order chi connectivity index (χ1) is 9.05. The molecule has 1 aromatic rings. The predicted octanol–water partition coefficient (Wildman–Crippen LogP) is 1.88. The standard InChI is InChI=1S/C14H24N2O3S/c1-14(2,3)13(7-8-17)16-12-6-5-10(9-11(12)15)20(4,18)19/h5-6,9,13,16-17H,7-8,15H2,1-4H3. The summed E-state index contributed by atoms with van der Waals surface area (Å²) in [6, 6.07) is 4.70. The van der Waals surface area contributed by atoms with Gasteiger partial charge in [0.05, 0.1) is 16.3 Å². The second-order valence-corrected chi connectivity index (χ2v) is 8.11. The van der Waals surface area contributed by atoms with Crippen LogP contribution in [0.3, 0.4) is 0 Å². The van der Waals surface area contributed by atoms with Crippen molar-refractivity contribution in [3.63, 3.8) is 0 Å². The normalized spacial score (nSPS) is 14.1.